The van der Waals surface area contributed by atoms with Crippen molar-refractivity contribution in [1.82, 2.24) is 5.32 Å². The van der Waals surface area contributed by atoms with Crippen LogP contribution in [0.5, 0.6) is 5.75 Å². The van der Waals surface area contributed by atoms with Crippen molar-refractivity contribution in [2.45, 2.75) is 6.92 Å². The van der Waals surface area contributed by atoms with E-state index in [0.717, 1.165) is 0 Å². The number of hydrogen-bond acceptors (Lipinski definition) is 4. The molecule has 110 valence electrons. The third-order valence-corrected chi connectivity index (χ3v) is 2.63. The number of ketones is 1. The Morgan fingerprint density at radius 2 is 2.19 bits per heavy atom. The lowest BCUT2D eigenvalue weighted by atomic mass is 10.2. The first-order chi connectivity index (χ1) is 10.2. The summed E-state index contributed by atoms with van der Waals surface area (Å²) in [5.74, 6) is 0.123. The number of aromatic hydroxyl groups is 1. The number of nitrogens with zero attached hydrogens (tertiary/aromatic N) is 1. The minimum Gasteiger partial charge on any atom is -0.507 e. The molecule has 0 unspecified atom stereocenters. The quantitative estimate of drug-likeness (QED) is 0.334. The molecule has 2 N–H and O–H groups in total. The van der Waals surface area contributed by atoms with Gasteiger partial charge in [-0.25, -0.2) is 0 Å². The van der Waals surface area contributed by atoms with Gasteiger partial charge in [-0.15, -0.1) is 0 Å². The molecular formula is C17H20N2O2. The average molecular weight is 284 g/mol. The molecule has 1 aromatic carbocycles. The highest BCUT2D eigenvalue weighted by molar-refractivity contribution is 6.05. The van der Waals surface area contributed by atoms with Crippen LogP contribution in [0.1, 0.15) is 12.5 Å². The number of benzene rings is 1. The number of nitrogens with one attached hydrogen (secondary N) is 1. The summed E-state index contributed by atoms with van der Waals surface area (Å²) < 4.78 is 0. The largest absolute Gasteiger partial charge is 0.507 e. The molecule has 0 aliphatic carbocycles. The summed E-state index contributed by atoms with van der Waals surface area (Å²) in [7, 11) is 0. The van der Waals surface area contributed by atoms with Crippen molar-refractivity contribution in [2.24, 2.45) is 4.99 Å². The Kier molecular flexibility index (Phi) is 7.29. The molecule has 0 heterocycles. The van der Waals surface area contributed by atoms with Crippen LogP contribution in [0, 0.1) is 0 Å². The van der Waals surface area contributed by atoms with Gasteiger partial charge < -0.3 is 10.4 Å². The van der Waals surface area contributed by atoms with Crippen molar-refractivity contribution >= 4 is 12.0 Å². The van der Waals surface area contributed by atoms with E-state index >= 15 is 0 Å². The molecule has 1 aromatic rings. The van der Waals surface area contributed by atoms with E-state index in [-0.39, 0.29) is 11.5 Å². The fourth-order valence-electron chi connectivity index (χ4n) is 1.55. The summed E-state index contributed by atoms with van der Waals surface area (Å²) in [5.41, 5.74) is 1.20. The SMILES string of the molecule is C=CC(=CNCCN=Cc1ccccc1O)C(=O)/C=C\C. The minimum absolute atomic E-state index is 0.0855. The number of hydrogen-bond donors (Lipinski definition) is 2. The number of aliphatic imine (C=N–C) groups is 1. The van der Waals surface area contributed by atoms with Crippen LogP contribution in [0.15, 0.2) is 65.8 Å². The molecule has 4 nitrogen and oxygen atoms in total. The number of para-hydroxylation sites is 1. The summed E-state index contributed by atoms with van der Waals surface area (Å²) in [5, 5.41) is 12.6. The lowest BCUT2D eigenvalue weighted by Crippen LogP contribution is -2.12. The van der Waals surface area contributed by atoms with E-state index in [1.165, 1.54) is 12.2 Å². The number of carbonyl (C=O) groups excluding carboxylic acids is 1. The molecule has 0 aliphatic rings. The molecule has 1 rings (SSSR count). The van der Waals surface area contributed by atoms with Gasteiger partial charge in [-0.05, 0) is 25.1 Å². The molecule has 0 saturated carbocycles. The van der Waals surface area contributed by atoms with E-state index in [1.54, 1.807) is 43.6 Å². The van der Waals surface area contributed by atoms with Crippen molar-refractivity contribution < 1.29 is 9.90 Å². The third-order valence-electron chi connectivity index (χ3n) is 2.63. The van der Waals surface area contributed by atoms with Gasteiger partial charge in [0.15, 0.2) is 5.78 Å². The molecule has 0 bridgehead atoms. The number of phenols is 1. The second-order valence-electron chi connectivity index (χ2n) is 4.22. The van der Waals surface area contributed by atoms with Crippen LogP contribution in [0.4, 0.5) is 0 Å². The number of rotatable bonds is 8. The fourth-order valence-corrected chi connectivity index (χ4v) is 1.55. The van der Waals surface area contributed by atoms with E-state index in [0.29, 0.717) is 24.2 Å². The zero-order valence-electron chi connectivity index (χ0n) is 12.1. The highest BCUT2D eigenvalue weighted by atomic mass is 16.3. The van der Waals surface area contributed by atoms with E-state index in [1.807, 2.05) is 6.07 Å². The van der Waals surface area contributed by atoms with Crippen molar-refractivity contribution in [2.75, 3.05) is 13.1 Å². The van der Waals surface area contributed by atoms with Gasteiger partial charge in [0.2, 0.25) is 0 Å². The highest BCUT2D eigenvalue weighted by Crippen LogP contribution is 2.12. The second-order valence-corrected chi connectivity index (χ2v) is 4.22. The van der Waals surface area contributed by atoms with Crippen LogP contribution in [-0.2, 0) is 4.79 Å². The lowest BCUT2D eigenvalue weighted by molar-refractivity contribution is -0.111. The van der Waals surface area contributed by atoms with Crippen LogP contribution in [-0.4, -0.2) is 30.2 Å². The van der Waals surface area contributed by atoms with Gasteiger partial charge in [0.1, 0.15) is 5.75 Å². The molecule has 0 atom stereocenters. The zero-order valence-corrected chi connectivity index (χ0v) is 12.1. The normalized spacial score (nSPS) is 12.0. The Morgan fingerprint density at radius 1 is 1.43 bits per heavy atom. The Morgan fingerprint density at radius 3 is 2.86 bits per heavy atom. The van der Waals surface area contributed by atoms with Gasteiger partial charge in [-0.2, -0.15) is 0 Å². The fraction of sp³-hybridized carbons (Fsp3) is 0.176. The molecule has 21 heavy (non-hydrogen) atoms. The molecule has 0 aromatic heterocycles. The molecule has 0 radical (unpaired) electrons. The highest BCUT2D eigenvalue weighted by Gasteiger charge is 1.99. The Bertz CT molecular complexity index is 572. The summed E-state index contributed by atoms with van der Waals surface area (Å²) in [6.45, 7) is 6.52. The second kappa shape index (κ2) is 9.31. The first kappa shape index (κ1) is 16.4. The van der Waals surface area contributed by atoms with Crippen molar-refractivity contribution in [1.29, 1.82) is 0 Å². The van der Waals surface area contributed by atoms with Gasteiger partial charge in [0.05, 0.1) is 6.54 Å². The maximum atomic E-state index is 11.6. The van der Waals surface area contributed by atoms with E-state index in [2.05, 4.69) is 16.9 Å². The van der Waals surface area contributed by atoms with Gasteiger partial charge >= 0.3 is 0 Å². The average Bonchev–Trinajstić information content (AvgIpc) is 2.48. The summed E-state index contributed by atoms with van der Waals surface area (Å²) in [6, 6.07) is 7.01. The Balaban J connectivity index is 2.42. The summed E-state index contributed by atoms with van der Waals surface area (Å²) >= 11 is 0. The molecule has 0 amide bonds. The van der Waals surface area contributed by atoms with E-state index in [9.17, 15) is 9.90 Å². The molecular weight excluding hydrogens is 264 g/mol. The third kappa shape index (κ3) is 5.91. The van der Waals surface area contributed by atoms with E-state index < -0.39 is 0 Å². The zero-order chi connectivity index (χ0) is 15.5. The van der Waals surface area contributed by atoms with Gasteiger partial charge in [0, 0.05) is 30.1 Å². The maximum absolute atomic E-state index is 11.6. The maximum Gasteiger partial charge on any atom is 0.186 e. The van der Waals surface area contributed by atoms with Crippen LogP contribution >= 0.6 is 0 Å². The minimum atomic E-state index is -0.0855. The molecule has 0 spiro atoms. The molecule has 0 aliphatic heterocycles. The van der Waals surface area contributed by atoms with E-state index in [4.69, 9.17) is 0 Å². The summed E-state index contributed by atoms with van der Waals surface area (Å²) in [6.07, 6.45) is 7.95. The lowest BCUT2D eigenvalue weighted by Gasteiger charge is -2.00. The molecule has 0 saturated heterocycles. The first-order valence-electron chi connectivity index (χ1n) is 6.70. The Labute approximate surface area is 125 Å². The predicted octanol–water partition coefficient (Wildman–Crippen LogP) is 2.62. The standard InChI is InChI=1S/C17H20N2O2/c1-3-7-16(20)14(4-2)12-18-10-11-19-13-15-8-5-6-9-17(15)21/h3-9,12-13,18,21H,2,10-11H2,1H3/b7-3-,14-12?,19-13?. The summed E-state index contributed by atoms with van der Waals surface area (Å²) in [4.78, 5) is 15.8. The van der Waals surface area contributed by atoms with Crippen molar-refractivity contribution in [3.63, 3.8) is 0 Å². The van der Waals surface area contributed by atoms with Gasteiger partial charge in [-0.3, -0.25) is 9.79 Å². The van der Waals surface area contributed by atoms with Crippen molar-refractivity contribution in [3.8, 4) is 5.75 Å². The number of phenolic OH excluding ortho intramolecular Hbond substituents is 1. The van der Waals surface area contributed by atoms with Crippen LogP contribution in [0.3, 0.4) is 0 Å². The first-order valence-corrected chi connectivity index (χ1v) is 6.70. The Hall–Kier alpha value is -2.62. The number of carbonyl (C=O) groups is 1. The van der Waals surface area contributed by atoms with Crippen LogP contribution in [0.2, 0.25) is 0 Å². The monoisotopic (exact) mass is 284 g/mol. The van der Waals surface area contributed by atoms with Gasteiger partial charge in [-0.1, -0.05) is 30.9 Å². The van der Waals surface area contributed by atoms with Crippen LogP contribution in [0.25, 0.3) is 0 Å². The predicted molar refractivity (Wildman–Crippen MR) is 86.7 cm³/mol. The molecule has 4 heteroatoms. The van der Waals surface area contributed by atoms with Crippen LogP contribution < -0.4 is 5.32 Å². The smallest absolute Gasteiger partial charge is 0.186 e. The van der Waals surface area contributed by atoms with Crippen molar-refractivity contribution in [3.05, 3.63) is 66.4 Å². The van der Waals surface area contributed by atoms with Gasteiger partial charge in [0.25, 0.3) is 0 Å². The molecule has 0 fully saturated rings. The topological polar surface area (TPSA) is 61.7 Å². The number of allylic oxidation sites excluding steroid dienone is 4.